The third-order valence-corrected chi connectivity index (χ3v) is 4.25. The Kier molecular flexibility index (Phi) is 4.87. The van der Waals surface area contributed by atoms with Crippen molar-refractivity contribution in [1.29, 1.82) is 0 Å². The summed E-state index contributed by atoms with van der Waals surface area (Å²) in [7, 11) is 1.42. The predicted octanol–water partition coefficient (Wildman–Crippen LogP) is 1.61. The molecule has 3 heterocycles. The zero-order valence-electron chi connectivity index (χ0n) is 14.7. The van der Waals surface area contributed by atoms with Crippen LogP contribution in [0.5, 0.6) is 5.75 Å². The maximum absolute atomic E-state index is 12.8. The van der Waals surface area contributed by atoms with Gasteiger partial charge in [0, 0.05) is 19.3 Å². The fraction of sp³-hybridized carbons (Fsp3) is 0.529. The summed E-state index contributed by atoms with van der Waals surface area (Å²) in [5.41, 5.74) is 0.0800. The molecule has 0 aromatic carbocycles. The van der Waals surface area contributed by atoms with Gasteiger partial charge in [-0.05, 0) is 24.8 Å². The van der Waals surface area contributed by atoms with Gasteiger partial charge in [0.2, 0.25) is 5.75 Å². The van der Waals surface area contributed by atoms with Crippen LogP contribution in [0.15, 0.2) is 23.3 Å². The largest absolute Gasteiger partial charge is 0.490 e. The van der Waals surface area contributed by atoms with Gasteiger partial charge in [-0.25, -0.2) is 4.98 Å². The average molecular weight is 345 g/mol. The number of carbonyl (C=O) groups excluding carboxylic acids is 1. The Morgan fingerprint density at radius 3 is 2.96 bits per heavy atom. The lowest BCUT2D eigenvalue weighted by Crippen LogP contribution is -2.32. The molecule has 2 aromatic rings. The molecule has 0 aliphatic carbocycles. The van der Waals surface area contributed by atoms with Crippen LogP contribution in [0.4, 0.5) is 0 Å². The zero-order chi connectivity index (χ0) is 18.0. The Labute approximate surface area is 145 Å². The Morgan fingerprint density at radius 1 is 1.48 bits per heavy atom. The first-order valence-corrected chi connectivity index (χ1v) is 8.47. The Hall–Kier alpha value is -2.64. The molecule has 8 heteroatoms. The van der Waals surface area contributed by atoms with Gasteiger partial charge in [0.25, 0.3) is 11.5 Å². The Balaban J connectivity index is 1.81. The molecular weight excluding hydrogens is 322 g/mol. The fourth-order valence-electron chi connectivity index (χ4n) is 3.10. The van der Waals surface area contributed by atoms with Crippen LogP contribution < -0.4 is 10.3 Å². The van der Waals surface area contributed by atoms with Crippen molar-refractivity contribution in [1.82, 2.24) is 24.6 Å². The monoisotopic (exact) mass is 345 g/mol. The van der Waals surface area contributed by atoms with E-state index in [1.165, 1.54) is 13.3 Å². The van der Waals surface area contributed by atoms with Crippen LogP contribution in [0, 0.1) is 5.92 Å². The van der Waals surface area contributed by atoms with Crippen LogP contribution in [0.3, 0.4) is 0 Å². The highest BCUT2D eigenvalue weighted by atomic mass is 16.5. The SMILES string of the molecule is COc1cnc(C2CCCN2C(=O)c2ccn(CC(C)C)n2)[nH]c1=O. The molecule has 1 N–H and O–H groups in total. The summed E-state index contributed by atoms with van der Waals surface area (Å²) in [5.74, 6) is 0.963. The number of amides is 1. The molecule has 0 saturated carbocycles. The van der Waals surface area contributed by atoms with Crippen LogP contribution in [0.2, 0.25) is 0 Å². The number of aromatic nitrogens is 4. The highest BCUT2D eigenvalue weighted by Crippen LogP contribution is 2.30. The van der Waals surface area contributed by atoms with E-state index in [2.05, 4.69) is 28.9 Å². The van der Waals surface area contributed by atoms with E-state index in [4.69, 9.17) is 4.74 Å². The van der Waals surface area contributed by atoms with Crippen LogP contribution in [-0.2, 0) is 6.54 Å². The molecule has 1 aliphatic heterocycles. The molecule has 1 saturated heterocycles. The van der Waals surface area contributed by atoms with Crippen molar-refractivity contribution in [2.45, 2.75) is 39.3 Å². The van der Waals surface area contributed by atoms with Gasteiger partial charge >= 0.3 is 0 Å². The van der Waals surface area contributed by atoms with Crippen molar-refractivity contribution in [3.05, 3.63) is 40.3 Å². The molecule has 1 atom stereocenters. The predicted molar refractivity (Wildman–Crippen MR) is 91.5 cm³/mol. The normalized spacial score (nSPS) is 17.3. The van der Waals surface area contributed by atoms with Gasteiger partial charge in [0.05, 0.1) is 19.3 Å². The van der Waals surface area contributed by atoms with Gasteiger partial charge in [-0.2, -0.15) is 5.10 Å². The molecule has 1 fully saturated rings. The first-order valence-electron chi connectivity index (χ1n) is 8.47. The third kappa shape index (κ3) is 3.57. The van der Waals surface area contributed by atoms with E-state index in [0.29, 0.717) is 24.0 Å². The zero-order valence-corrected chi connectivity index (χ0v) is 14.7. The van der Waals surface area contributed by atoms with E-state index in [9.17, 15) is 9.59 Å². The summed E-state index contributed by atoms with van der Waals surface area (Å²) in [6.07, 6.45) is 4.84. The van der Waals surface area contributed by atoms with E-state index in [1.54, 1.807) is 15.6 Å². The number of methoxy groups -OCH3 is 1. The summed E-state index contributed by atoms with van der Waals surface area (Å²) >= 11 is 0. The molecule has 134 valence electrons. The number of hydrogen-bond donors (Lipinski definition) is 1. The Morgan fingerprint density at radius 2 is 2.28 bits per heavy atom. The van der Waals surface area contributed by atoms with Gasteiger partial charge in [0.15, 0.2) is 0 Å². The molecule has 8 nitrogen and oxygen atoms in total. The number of nitrogens with zero attached hydrogens (tertiary/aromatic N) is 4. The number of aromatic amines is 1. The lowest BCUT2D eigenvalue weighted by Gasteiger charge is -2.23. The van der Waals surface area contributed by atoms with Crippen molar-refractivity contribution < 1.29 is 9.53 Å². The molecule has 1 amide bonds. The van der Waals surface area contributed by atoms with Crippen molar-refractivity contribution in [3.63, 3.8) is 0 Å². The second kappa shape index (κ2) is 7.08. The second-order valence-corrected chi connectivity index (χ2v) is 6.64. The number of ether oxygens (including phenoxy) is 1. The minimum Gasteiger partial charge on any atom is -0.490 e. The van der Waals surface area contributed by atoms with Gasteiger partial charge in [0.1, 0.15) is 11.5 Å². The summed E-state index contributed by atoms with van der Waals surface area (Å²) in [5, 5.41) is 4.38. The molecule has 0 bridgehead atoms. The maximum atomic E-state index is 12.8. The fourth-order valence-corrected chi connectivity index (χ4v) is 3.10. The molecule has 25 heavy (non-hydrogen) atoms. The van der Waals surface area contributed by atoms with Crippen LogP contribution in [0.1, 0.15) is 49.0 Å². The molecule has 1 unspecified atom stereocenters. The van der Waals surface area contributed by atoms with Crippen molar-refractivity contribution >= 4 is 5.91 Å². The highest BCUT2D eigenvalue weighted by molar-refractivity contribution is 5.92. The van der Waals surface area contributed by atoms with E-state index in [-0.39, 0.29) is 23.3 Å². The summed E-state index contributed by atoms with van der Waals surface area (Å²) < 4.78 is 6.73. The third-order valence-electron chi connectivity index (χ3n) is 4.25. The van der Waals surface area contributed by atoms with E-state index in [0.717, 1.165) is 19.4 Å². The molecule has 2 aromatic heterocycles. The van der Waals surface area contributed by atoms with Crippen molar-refractivity contribution in [3.8, 4) is 5.75 Å². The summed E-state index contributed by atoms with van der Waals surface area (Å²) in [6, 6.07) is 1.49. The quantitative estimate of drug-likeness (QED) is 0.888. The van der Waals surface area contributed by atoms with Crippen molar-refractivity contribution in [2.75, 3.05) is 13.7 Å². The first-order chi connectivity index (χ1) is 12.0. The summed E-state index contributed by atoms with van der Waals surface area (Å²) in [4.78, 5) is 33.5. The summed E-state index contributed by atoms with van der Waals surface area (Å²) in [6.45, 7) is 5.59. The molecular formula is C17H23N5O3. The number of likely N-dealkylation sites (tertiary alicyclic amines) is 1. The smallest absolute Gasteiger partial charge is 0.293 e. The number of H-pyrrole nitrogens is 1. The number of nitrogens with one attached hydrogen (secondary N) is 1. The van der Waals surface area contributed by atoms with Gasteiger partial charge in [-0.15, -0.1) is 0 Å². The molecule has 3 rings (SSSR count). The first kappa shape index (κ1) is 17.2. The van der Waals surface area contributed by atoms with Crippen molar-refractivity contribution in [2.24, 2.45) is 5.92 Å². The van der Waals surface area contributed by atoms with E-state index in [1.807, 2.05) is 6.20 Å². The lowest BCUT2D eigenvalue weighted by atomic mass is 10.2. The molecule has 0 spiro atoms. The van der Waals surface area contributed by atoms with Gasteiger partial charge in [-0.1, -0.05) is 13.8 Å². The van der Waals surface area contributed by atoms with Gasteiger partial charge < -0.3 is 14.6 Å². The number of hydrogen-bond acceptors (Lipinski definition) is 5. The molecule has 0 radical (unpaired) electrons. The van der Waals surface area contributed by atoms with Crippen LogP contribution in [-0.4, -0.2) is 44.2 Å². The van der Waals surface area contributed by atoms with E-state index >= 15 is 0 Å². The topological polar surface area (TPSA) is 93.1 Å². The van der Waals surface area contributed by atoms with E-state index < -0.39 is 0 Å². The second-order valence-electron chi connectivity index (χ2n) is 6.64. The standard InChI is InChI=1S/C17H23N5O3/c1-11(2)10-21-8-6-12(20-21)17(24)22-7-4-5-13(22)15-18-9-14(25-3)16(23)19-15/h6,8-9,11,13H,4-5,7,10H2,1-3H3,(H,18,19,23). The average Bonchev–Trinajstić information content (AvgIpc) is 3.23. The lowest BCUT2D eigenvalue weighted by molar-refractivity contribution is 0.0722. The number of carbonyl (C=O) groups is 1. The highest BCUT2D eigenvalue weighted by Gasteiger charge is 2.33. The van der Waals surface area contributed by atoms with Gasteiger partial charge in [-0.3, -0.25) is 14.3 Å². The van der Waals surface area contributed by atoms with Crippen LogP contribution in [0.25, 0.3) is 0 Å². The minimum atomic E-state index is -0.340. The Bertz CT molecular complexity index is 811. The van der Waals surface area contributed by atoms with Crippen LogP contribution >= 0.6 is 0 Å². The minimum absolute atomic E-state index is 0.136. The number of rotatable bonds is 5. The maximum Gasteiger partial charge on any atom is 0.293 e. The molecule has 1 aliphatic rings.